The normalized spacial score (nSPS) is 16.0. The third-order valence-electron chi connectivity index (χ3n) is 5.51. The lowest BCUT2D eigenvalue weighted by Crippen LogP contribution is -2.37. The first kappa shape index (κ1) is 22.6. The second kappa shape index (κ2) is 9.94. The van der Waals surface area contributed by atoms with E-state index in [1.165, 1.54) is 24.9 Å². The number of nitrogens with one attached hydrogen (secondary N) is 2. The second-order valence-corrected chi connectivity index (χ2v) is 9.03. The first-order chi connectivity index (χ1) is 15.4. The Kier molecular flexibility index (Phi) is 7.04. The molecule has 32 heavy (non-hydrogen) atoms. The Morgan fingerprint density at radius 1 is 1.09 bits per heavy atom. The van der Waals surface area contributed by atoms with Crippen LogP contribution in [-0.2, 0) is 0 Å². The molecule has 0 spiro atoms. The van der Waals surface area contributed by atoms with Gasteiger partial charge in [-0.3, -0.25) is 10.1 Å². The number of carbonyl (C=O) groups is 1. The Balaban J connectivity index is 1.37. The number of hydrogen-bond acceptors (Lipinski definition) is 4. The van der Waals surface area contributed by atoms with Crippen molar-refractivity contribution in [3.63, 3.8) is 0 Å². The van der Waals surface area contributed by atoms with E-state index in [0.29, 0.717) is 27.4 Å². The maximum atomic E-state index is 12.5. The zero-order chi connectivity index (χ0) is 22.7. The third kappa shape index (κ3) is 5.26. The van der Waals surface area contributed by atoms with E-state index in [4.69, 9.17) is 39.8 Å². The van der Waals surface area contributed by atoms with Gasteiger partial charge in [0, 0.05) is 34.5 Å². The van der Waals surface area contributed by atoms with Crippen LogP contribution in [0.3, 0.4) is 0 Å². The predicted molar refractivity (Wildman–Crippen MR) is 135 cm³/mol. The smallest absolute Gasteiger partial charge is 0.293 e. The summed E-state index contributed by atoms with van der Waals surface area (Å²) in [5.41, 5.74) is 2.61. The van der Waals surface area contributed by atoms with Gasteiger partial charge >= 0.3 is 0 Å². The van der Waals surface area contributed by atoms with Gasteiger partial charge in [0.25, 0.3) is 5.91 Å². The summed E-state index contributed by atoms with van der Waals surface area (Å²) in [6.45, 7) is 3.34. The highest BCUT2D eigenvalue weighted by molar-refractivity contribution is 7.80. The highest BCUT2D eigenvalue weighted by Gasteiger charge is 2.19. The number of carbonyl (C=O) groups excluding carboxylic acids is 1. The maximum absolute atomic E-state index is 12.5. The van der Waals surface area contributed by atoms with Crippen molar-refractivity contribution in [3.05, 3.63) is 70.4 Å². The fourth-order valence-electron chi connectivity index (χ4n) is 3.84. The summed E-state index contributed by atoms with van der Waals surface area (Å²) in [7, 11) is 0. The molecule has 0 bridgehead atoms. The number of benzene rings is 2. The molecule has 1 aliphatic rings. The molecule has 0 saturated carbocycles. The number of anilines is 2. The van der Waals surface area contributed by atoms with Crippen LogP contribution >= 0.6 is 35.4 Å². The lowest BCUT2D eigenvalue weighted by molar-refractivity contribution is 0.0951. The van der Waals surface area contributed by atoms with Crippen molar-refractivity contribution < 1.29 is 9.21 Å². The number of furan rings is 1. The van der Waals surface area contributed by atoms with Crippen molar-refractivity contribution in [2.75, 3.05) is 16.8 Å². The molecule has 0 unspecified atom stereocenters. The van der Waals surface area contributed by atoms with E-state index >= 15 is 0 Å². The first-order valence-corrected chi connectivity index (χ1v) is 11.6. The number of amides is 1. The van der Waals surface area contributed by atoms with Gasteiger partial charge in [0.2, 0.25) is 0 Å². The summed E-state index contributed by atoms with van der Waals surface area (Å²) in [5, 5.41) is 6.87. The van der Waals surface area contributed by atoms with Gasteiger partial charge in [0.1, 0.15) is 5.76 Å². The number of piperidine rings is 1. The standard InChI is InChI=1S/C24H23Cl2N3O2S/c1-15-4-2-3-13-29(15)18-8-6-17(7-9-18)27-24(32)28-23(30)22-12-11-21(31-22)19-14-16(25)5-10-20(19)26/h5-12,14-15H,2-4,13H2,1H3,(H2,27,28,30,32)/t15-/m1/s1. The third-order valence-corrected chi connectivity index (χ3v) is 6.28. The van der Waals surface area contributed by atoms with Crippen molar-refractivity contribution in [2.24, 2.45) is 0 Å². The van der Waals surface area contributed by atoms with E-state index in [0.717, 1.165) is 12.2 Å². The summed E-state index contributed by atoms with van der Waals surface area (Å²) in [6, 6.07) is 16.9. The molecule has 166 valence electrons. The molecule has 0 radical (unpaired) electrons. The van der Waals surface area contributed by atoms with Crippen LogP contribution in [0.1, 0.15) is 36.7 Å². The van der Waals surface area contributed by atoms with Crippen LogP contribution in [0, 0.1) is 0 Å². The molecule has 4 rings (SSSR count). The van der Waals surface area contributed by atoms with Crippen LogP contribution in [-0.4, -0.2) is 23.6 Å². The van der Waals surface area contributed by atoms with Crippen LogP contribution in [0.25, 0.3) is 11.3 Å². The largest absolute Gasteiger partial charge is 0.451 e. The summed E-state index contributed by atoms with van der Waals surface area (Å²) >= 11 is 17.5. The molecule has 1 fully saturated rings. The Morgan fingerprint density at radius 2 is 1.88 bits per heavy atom. The molecule has 5 nitrogen and oxygen atoms in total. The summed E-state index contributed by atoms with van der Waals surface area (Å²) in [5.74, 6) is 0.115. The minimum Gasteiger partial charge on any atom is -0.451 e. The Morgan fingerprint density at radius 3 is 2.62 bits per heavy atom. The molecule has 0 aliphatic carbocycles. The molecule has 2 aromatic carbocycles. The SMILES string of the molecule is C[C@@H]1CCCCN1c1ccc(NC(=S)NC(=O)c2ccc(-c3cc(Cl)ccc3Cl)o2)cc1. The van der Waals surface area contributed by atoms with Crippen molar-refractivity contribution in [1.82, 2.24) is 5.32 Å². The van der Waals surface area contributed by atoms with E-state index in [1.54, 1.807) is 30.3 Å². The lowest BCUT2D eigenvalue weighted by atomic mass is 10.0. The number of nitrogens with zero attached hydrogens (tertiary/aromatic N) is 1. The van der Waals surface area contributed by atoms with Crippen LogP contribution < -0.4 is 15.5 Å². The van der Waals surface area contributed by atoms with Gasteiger partial charge in [-0.15, -0.1) is 0 Å². The van der Waals surface area contributed by atoms with Crippen LogP contribution in [0.15, 0.2) is 59.0 Å². The Bertz CT molecular complexity index is 1130. The van der Waals surface area contributed by atoms with Gasteiger partial charge in [0.05, 0.1) is 5.02 Å². The van der Waals surface area contributed by atoms with E-state index in [9.17, 15) is 4.79 Å². The molecular weight excluding hydrogens is 465 g/mol. The number of rotatable bonds is 4. The molecule has 1 saturated heterocycles. The van der Waals surface area contributed by atoms with Gasteiger partial charge in [-0.25, -0.2) is 0 Å². The Hall–Kier alpha value is -2.54. The summed E-state index contributed by atoms with van der Waals surface area (Å²) < 4.78 is 5.66. The molecule has 1 aliphatic heterocycles. The summed E-state index contributed by atoms with van der Waals surface area (Å²) in [4.78, 5) is 15.0. The van der Waals surface area contributed by atoms with Crippen LogP contribution in [0.5, 0.6) is 0 Å². The van der Waals surface area contributed by atoms with Crippen LogP contribution in [0.2, 0.25) is 10.0 Å². The van der Waals surface area contributed by atoms with Crippen molar-refractivity contribution in [1.29, 1.82) is 0 Å². The van der Waals surface area contributed by atoms with Gasteiger partial charge < -0.3 is 14.6 Å². The van der Waals surface area contributed by atoms with Gasteiger partial charge in [-0.1, -0.05) is 23.2 Å². The maximum Gasteiger partial charge on any atom is 0.293 e. The fourth-order valence-corrected chi connectivity index (χ4v) is 4.43. The number of thiocarbonyl (C=S) groups is 1. The molecule has 1 amide bonds. The molecule has 2 N–H and O–H groups in total. The first-order valence-electron chi connectivity index (χ1n) is 10.4. The minimum atomic E-state index is -0.453. The zero-order valence-electron chi connectivity index (χ0n) is 17.5. The monoisotopic (exact) mass is 487 g/mol. The molecular formula is C24H23Cl2N3O2S. The molecule has 1 aromatic heterocycles. The van der Waals surface area contributed by atoms with Gasteiger partial charge in [-0.2, -0.15) is 0 Å². The number of hydrogen-bond donors (Lipinski definition) is 2. The average Bonchev–Trinajstić information content (AvgIpc) is 3.27. The summed E-state index contributed by atoms with van der Waals surface area (Å²) in [6.07, 6.45) is 3.72. The lowest BCUT2D eigenvalue weighted by Gasteiger charge is -2.35. The molecule has 1 atom stereocenters. The number of halogens is 2. The van der Waals surface area contributed by atoms with Crippen molar-refractivity contribution in [2.45, 2.75) is 32.2 Å². The highest BCUT2D eigenvalue weighted by atomic mass is 35.5. The van der Waals surface area contributed by atoms with E-state index in [2.05, 4.69) is 34.6 Å². The van der Waals surface area contributed by atoms with Crippen molar-refractivity contribution >= 4 is 57.8 Å². The minimum absolute atomic E-state index is 0.120. The zero-order valence-corrected chi connectivity index (χ0v) is 19.9. The predicted octanol–water partition coefficient (Wildman–Crippen LogP) is 6.76. The topological polar surface area (TPSA) is 57.5 Å². The molecule has 8 heteroatoms. The fraction of sp³-hybridized carbons (Fsp3) is 0.250. The van der Waals surface area contributed by atoms with Gasteiger partial charge in [0.15, 0.2) is 10.9 Å². The highest BCUT2D eigenvalue weighted by Crippen LogP contribution is 2.32. The Labute approximate surface area is 202 Å². The van der Waals surface area contributed by atoms with Gasteiger partial charge in [-0.05, 0) is 93.0 Å². The van der Waals surface area contributed by atoms with E-state index in [-0.39, 0.29) is 10.9 Å². The average molecular weight is 488 g/mol. The second-order valence-electron chi connectivity index (χ2n) is 7.78. The van der Waals surface area contributed by atoms with E-state index in [1.807, 2.05) is 12.1 Å². The van der Waals surface area contributed by atoms with Crippen LogP contribution in [0.4, 0.5) is 11.4 Å². The van der Waals surface area contributed by atoms with Crippen molar-refractivity contribution in [3.8, 4) is 11.3 Å². The van der Waals surface area contributed by atoms with E-state index < -0.39 is 5.91 Å². The quantitative estimate of drug-likeness (QED) is 0.398. The molecule has 2 heterocycles. The molecule has 3 aromatic rings.